The molecule has 1 fully saturated rings. The fraction of sp³-hybridized carbons (Fsp3) is 0.375. The highest BCUT2D eigenvalue weighted by Gasteiger charge is 2.25. The van der Waals surface area contributed by atoms with Crippen molar-refractivity contribution in [2.45, 2.75) is 46.2 Å². The second kappa shape index (κ2) is 12.2. The van der Waals surface area contributed by atoms with Gasteiger partial charge in [0.2, 0.25) is 0 Å². The summed E-state index contributed by atoms with van der Waals surface area (Å²) < 4.78 is 40.8. The van der Waals surface area contributed by atoms with Crippen molar-refractivity contribution in [1.29, 1.82) is 0 Å². The van der Waals surface area contributed by atoms with Crippen LogP contribution in [0.15, 0.2) is 65.5 Å². The number of hydrogen-bond acceptors (Lipinski definition) is 5. The molecule has 3 aromatic carbocycles. The van der Waals surface area contributed by atoms with Crippen LogP contribution in [0.4, 0.5) is 8.78 Å². The molecule has 210 valence electrons. The summed E-state index contributed by atoms with van der Waals surface area (Å²) in [4.78, 5) is 21.3. The van der Waals surface area contributed by atoms with Gasteiger partial charge in [0, 0.05) is 25.2 Å². The van der Waals surface area contributed by atoms with Crippen molar-refractivity contribution in [2.75, 3.05) is 26.4 Å². The lowest BCUT2D eigenvalue weighted by Crippen LogP contribution is -2.42. The Bertz CT molecular complexity index is 1540. The first-order valence-corrected chi connectivity index (χ1v) is 13.8. The highest BCUT2D eigenvalue weighted by Crippen LogP contribution is 2.30. The fourth-order valence-electron chi connectivity index (χ4n) is 5.28. The Labute approximate surface area is 233 Å². The van der Waals surface area contributed by atoms with Gasteiger partial charge in [0.25, 0.3) is 5.56 Å². The van der Waals surface area contributed by atoms with Gasteiger partial charge in [-0.1, -0.05) is 17.7 Å². The maximum absolute atomic E-state index is 15.4. The molecule has 1 aliphatic rings. The van der Waals surface area contributed by atoms with Crippen molar-refractivity contribution < 1.29 is 18.3 Å². The van der Waals surface area contributed by atoms with Crippen LogP contribution >= 0.6 is 0 Å². The SMILES string of the molecule is Cc1ccc(Oc2ccc3nc(-c4ccc(OCC[18F])cc4F)n(C[C@H]4CCCN(C(C)C)C4)c(=O)c3c2)cc1. The normalized spacial score (nSPS) is 16.0. The van der Waals surface area contributed by atoms with Crippen LogP contribution in [0.1, 0.15) is 32.3 Å². The van der Waals surface area contributed by atoms with E-state index in [1.54, 1.807) is 34.9 Å². The number of ether oxygens (including phenoxy) is 2. The van der Waals surface area contributed by atoms with Crippen LogP contribution in [0.2, 0.25) is 0 Å². The van der Waals surface area contributed by atoms with Crippen LogP contribution < -0.4 is 15.0 Å². The summed E-state index contributed by atoms with van der Waals surface area (Å²) in [5, 5.41) is 0.410. The molecule has 0 spiro atoms. The van der Waals surface area contributed by atoms with Gasteiger partial charge in [-0.3, -0.25) is 9.36 Å². The first-order valence-electron chi connectivity index (χ1n) is 13.8. The Morgan fingerprint density at radius 2 is 1.77 bits per heavy atom. The topological polar surface area (TPSA) is 56.6 Å². The van der Waals surface area contributed by atoms with Crippen molar-refractivity contribution in [3.05, 3.63) is 82.4 Å². The summed E-state index contributed by atoms with van der Waals surface area (Å²) in [5.74, 6) is 1.33. The Hall–Kier alpha value is -3.78. The predicted molar refractivity (Wildman–Crippen MR) is 154 cm³/mol. The highest BCUT2D eigenvalue weighted by molar-refractivity contribution is 5.81. The van der Waals surface area contributed by atoms with E-state index in [0.29, 0.717) is 35.0 Å². The van der Waals surface area contributed by atoms with Crippen LogP contribution in [0, 0.1) is 18.7 Å². The summed E-state index contributed by atoms with van der Waals surface area (Å²) in [6.45, 7) is 7.84. The number of benzene rings is 3. The molecule has 0 amide bonds. The molecule has 40 heavy (non-hydrogen) atoms. The number of halogens is 2. The largest absolute Gasteiger partial charge is 0.491 e. The van der Waals surface area contributed by atoms with Crippen LogP contribution in [-0.4, -0.2) is 46.9 Å². The second-order valence-electron chi connectivity index (χ2n) is 10.7. The van der Waals surface area contributed by atoms with Crippen LogP contribution in [0.5, 0.6) is 17.2 Å². The quantitative estimate of drug-likeness (QED) is 0.232. The van der Waals surface area contributed by atoms with Gasteiger partial charge in [-0.15, -0.1) is 0 Å². The standard InChI is InChI=1S/C32H35F2N3O3/c1-21(2)36-15-4-5-23(19-36)20-37-31(27-12-10-25(18-29(27)34)39-16-14-33)35-30-13-11-26(17-28(30)32(37)38)40-24-8-6-22(3)7-9-24/h6-13,17-18,21,23H,4-5,14-16,19-20H2,1-3H3/t23-/m0/s1/i33-1. The van der Waals surface area contributed by atoms with Crippen LogP contribution in [-0.2, 0) is 6.54 Å². The first kappa shape index (κ1) is 27.8. The zero-order chi connectivity index (χ0) is 28.2. The van der Waals surface area contributed by atoms with Gasteiger partial charge in [-0.2, -0.15) is 0 Å². The van der Waals surface area contributed by atoms with E-state index in [1.807, 2.05) is 31.2 Å². The average Bonchev–Trinajstić information content (AvgIpc) is 2.95. The van der Waals surface area contributed by atoms with E-state index in [2.05, 4.69) is 18.7 Å². The first-order chi connectivity index (χ1) is 19.3. The minimum absolute atomic E-state index is 0.154. The van der Waals surface area contributed by atoms with Crippen molar-refractivity contribution in [2.24, 2.45) is 5.92 Å². The van der Waals surface area contributed by atoms with Crippen LogP contribution in [0.25, 0.3) is 22.3 Å². The molecular formula is C32H35F2N3O3. The van der Waals surface area contributed by atoms with E-state index in [9.17, 15) is 9.18 Å². The summed E-state index contributed by atoms with van der Waals surface area (Å²) in [5.41, 5.74) is 1.53. The maximum atomic E-state index is 15.4. The van der Waals surface area contributed by atoms with Crippen molar-refractivity contribution >= 4 is 10.9 Å². The number of alkyl halides is 1. The predicted octanol–water partition coefficient (Wildman–Crippen LogP) is 6.77. The molecule has 0 radical (unpaired) electrons. The number of rotatable bonds is 9. The van der Waals surface area contributed by atoms with E-state index >= 15 is 4.39 Å². The summed E-state index contributed by atoms with van der Waals surface area (Å²) in [6, 6.07) is 17.6. The minimum atomic E-state index is -0.667. The minimum Gasteiger partial charge on any atom is -0.491 e. The molecule has 2 heterocycles. The van der Waals surface area contributed by atoms with E-state index in [0.717, 1.165) is 31.5 Å². The van der Waals surface area contributed by atoms with Gasteiger partial charge >= 0.3 is 0 Å². The van der Waals surface area contributed by atoms with Crippen molar-refractivity contribution in [3.63, 3.8) is 0 Å². The Balaban J connectivity index is 1.57. The third-order valence-electron chi connectivity index (χ3n) is 7.43. The molecular weight excluding hydrogens is 511 g/mol. The zero-order valence-electron chi connectivity index (χ0n) is 23.2. The Morgan fingerprint density at radius 1 is 1.02 bits per heavy atom. The molecule has 1 aliphatic heterocycles. The number of aryl methyl sites for hydroxylation is 1. The maximum Gasteiger partial charge on any atom is 0.261 e. The lowest BCUT2D eigenvalue weighted by molar-refractivity contribution is 0.130. The molecule has 6 nitrogen and oxygen atoms in total. The van der Waals surface area contributed by atoms with Gasteiger partial charge in [0.1, 0.15) is 42.2 Å². The van der Waals surface area contributed by atoms with E-state index < -0.39 is 12.5 Å². The number of nitrogens with zero attached hydrogens (tertiary/aromatic N) is 3. The smallest absolute Gasteiger partial charge is 0.261 e. The van der Waals surface area contributed by atoms with Crippen LogP contribution in [0.3, 0.4) is 0 Å². The number of aromatic nitrogens is 2. The van der Waals surface area contributed by atoms with E-state index in [1.165, 1.54) is 6.07 Å². The van der Waals surface area contributed by atoms with E-state index in [-0.39, 0.29) is 35.2 Å². The molecule has 0 unspecified atom stereocenters. The van der Waals surface area contributed by atoms with Crippen molar-refractivity contribution in [3.8, 4) is 28.6 Å². The number of hydrogen-bond donors (Lipinski definition) is 0. The van der Waals surface area contributed by atoms with Crippen molar-refractivity contribution in [1.82, 2.24) is 14.5 Å². The molecule has 0 aliphatic carbocycles. The van der Waals surface area contributed by atoms with Gasteiger partial charge in [-0.05, 0) is 88.5 Å². The second-order valence-corrected chi connectivity index (χ2v) is 10.7. The van der Waals surface area contributed by atoms with Gasteiger partial charge in [0.15, 0.2) is 0 Å². The molecule has 1 aromatic heterocycles. The monoisotopic (exact) mass is 546 g/mol. The molecule has 0 bridgehead atoms. The molecule has 1 atom stereocenters. The average molecular weight is 547 g/mol. The summed E-state index contributed by atoms with van der Waals surface area (Å²) in [7, 11) is 0. The van der Waals surface area contributed by atoms with Gasteiger partial charge in [0.05, 0.1) is 16.5 Å². The third-order valence-corrected chi connectivity index (χ3v) is 7.43. The molecule has 0 N–H and O–H groups in total. The van der Waals surface area contributed by atoms with Gasteiger partial charge < -0.3 is 14.4 Å². The third kappa shape index (κ3) is 6.17. The molecule has 0 saturated carbocycles. The molecule has 4 aromatic rings. The molecule has 1 saturated heterocycles. The molecule has 8 heteroatoms. The van der Waals surface area contributed by atoms with E-state index in [4.69, 9.17) is 14.5 Å². The Morgan fingerprint density at radius 3 is 2.50 bits per heavy atom. The number of fused-ring (bicyclic) bond motifs is 1. The number of piperidine rings is 1. The fourth-order valence-corrected chi connectivity index (χ4v) is 5.28. The Kier molecular flexibility index (Phi) is 8.45. The summed E-state index contributed by atoms with van der Waals surface area (Å²) in [6.07, 6.45) is 2.01. The number of likely N-dealkylation sites (tertiary alicyclic amines) is 1. The lowest BCUT2D eigenvalue weighted by atomic mass is 9.96. The zero-order valence-corrected chi connectivity index (χ0v) is 23.2. The highest BCUT2D eigenvalue weighted by atomic mass is 19.1. The van der Waals surface area contributed by atoms with Gasteiger partial charge in [-0.25, -0.2) is 13.8 Å². The summed E-state index contributed by atoms with van der Waals surface area (Å²) >= 11 is 0. The molecule has 5 rings (SSSR count). The lowest BCUT2D eigenvalue weighted by Gasteiger charge is -2.35.